The summed E-state index contributed by atoms with van der Waals surface area (Å²) < 4.78 is 12.1. The van der Waals surface area contributed by atoms with Gasteiger partial charge in [0.1, 0.15) is 17.2 Å². The van der Waals surface area contributed by atoms with E-state index in [-0.39, 0.29) is 36.8 Å². The molecule has 5 aliphatic heterocycles. The quantitative estimate of drug-likeness (QED) is 0.501. The highest BCUT2D eigenvalue weighted by Gasteiger charge is 2.32. The Balaban J connectivity index is 0.00000320. The number of halogens is 1. The molecule has 5 heterocycles. The SMILES string of the molecule is Cl.NCC(=O)N1CCc2cc3ccc2C1c1cccc(c1)OCCCNC(=O)CCc1ccc(cc1)O3. The van der Waals surface area contributed by atoms with E-state index in [1.165, 1.54) is 0 Å². The van der Waals surface area contributed by atoms with Gasteiger partial charge in [0, 0.05) is 19.5 Å². The number of nitrogens with two attached hydrogens (primary N) is 1. The molecule has 5 aliphatic rings. The van der Waals surface area contributed by atoms with Gasteiger partial charge < -0.3 is 25.4 Å². The van der Waals surface area contributed by atoms with Gasteiger partial charge in [-0.15, -0.1) is 12.4 Å². The van der Waals surface area contributed by atoms with E-state index in [9.17, 15) is 9.59 Å². The first-order chi connectivity index (χ1) is 17.6. The number of benzene rings is 3. The highest BCUT2D eigenvalue weighted by Crippen LogP contribution is 2.38. The van der Waals surface area contributed by atoms with Crippen molar-refractivity contribution in [3.05, 3.63) is 89.0 Å². The topological polar surface area (TPSA) is 93.9 Å². The van der Waals surface area contributed by atoms with Gasteiger partial charge >= 0.3 is 0 Å². The number of ether oxygens (including phenoxy) is 2. The van der Waals surface area contributed by atoms with Crippen LogP contribution in [0.2, 0.25) is 0 Å². The first kappa shape index (κ1) is 26.5. The minimum atomic E-state index is -0.255. The molecule has 0 radical (unpaired) electrons. The van der Waals surface area contributed by atoms with Crippen LogP contribution >= 0.6 is 12.4 Å². The second-order valence-electron chi connectivity index (χ2n) is 9.17. The van der Waals surface area contributed by atoms with E-state index in [1.807, 2.05) is 65.6 Å². The molecule has 2 amide bonds. The second-order valence-corrected chi connectivity index (χ2v) is 9.17. The highest BCUT2D eigenvalue weighted by atomic mass is 35.5. The van der Waals surface area contributed by atoms with Crippen LogP contribution in [0.25, 0.3) is 0 Å². The molecule has 1 unspecified atom stereocenters. The van der Waals surface area contributed by atoms with Gasteiger partial charge in [0.05, 0.1) is 19.2 Å². The summed E-state index contributed by atoms with van der Waals surface area (Å²) in [4.78, 5) is 26.9. The number of hydrogen-bond donors (Lipinski definition) is 2. The number of carbonyl (C=O) groups excluding carboxylic acids is 2. The van der Waals surface area contributed by atoms with E-state index in [1.54, 1.807) is 0 Å². The first-order valence-electron chi connectivity index (χ1n) is 12.5. The molecular formula is C29H32ClN3O4. The molecule has 0 aromatic heterocycles. The van der Waals surface area contributed by atoms with E-state index in [0.717, 1.165) is 45.9 Å². The average Bonchev–Trinajstić information content (AvgIpc) is 2.91. The van der Waals surface area contributed by atoms with Crippen LogP contribution < -0.4 is 20.5 Å². The maximum Gasteiger partial charge on any atom is 0.237 e. The van der Waals surface area contributed by atoms with Crippen molar-refractivity contribution in [2.24, 2.45) is 5.73 Å². The van der Waals surface area contributed by atoms with Crippen LogP contribution in [0.4, 0.5) is 0 Å². The first-order valence-corrected chi connectivity index (χ1v) is 12.5. The van der Waals surface area contributed by atoms with Gasteiger partial charge in [0.2, 0.25) is 11.8 Å². The fourth-order valence-corrected chi connectivity index (χ4v) is 4.88. The van der Waals surface area contributed by atoms with Crippen molar-refractivity contribution < 1.29 is 19.1 Å². The Bertz CT molecular complexity index is 1250. The molecule has 3 N–H and O–H groups in total. The minimum Gasteiger partial charge on any atom is -0.494 e. The fraction of sp³-hybridized carbons (Fsp3) is 0.310. The number of amides is 2. The number of hydrogen-bond acceptors (Lipinski definition) is 5. The average molecular weight is 522 g/mol. The van der Waals surface area contributed by atoms with E-state index in [4.69, 9.17) is 15.2 Å². The highest BCUT2D eigenvalue weighted by molar-refractivity contribution is 5.85. The summed E-state index contributed by atoms with van der Waals surface area (Å²) in [5, 5.41) is 2.96. The predicted octanol–water partition coefficient (Wildman–Crippen LogP) is 4.16. The van der Waals surface area contributed by atoms with Crippen LogP contribution in [-0.2, 0) is 22.4 Å². The lowest BCUT2D eigenvalue weighted by Gasteiger charge is -2.38. The van der Waals surface area contributed by atoms with E-state index in [2.05, 4.69) is 11.4 Å². The smallest absolute Gasteiger partial charge is 0.237 e. The molecule has 8 bridgehead atoms. The third-order valence-electron chi connectivity index (χ3n) is 6.72. The minimum absolute atomic E-state index is 0. The summed E-state index contributed by atoms with van der Waals surface area (Å²) in [7, 11) is 0. The zero-order valence-corrected chi connectivity index (χ0v) is 21.5. The molecule has 0 saturated heterocycles. The molecule has 194 valence electrons. The lowest BCUT2D eigenvalue weighted by atomic mass is 9.87. The van der Waals surface area contributed by atoms with Gasteiger partial charge in [-0.05, 0) is 77.9 Å². The molecule has 8 rings (SSSR count). The standard InChI is InChI=1S/C29H31N3O4.ClH/c30-19-28(34)32-15-13-21-17-25-10-11-26(21)29(32)22-3-1-4-24(18-22)35-16-2-14-31-27(33)12-7-20-5-8-23(36-25)9-6-20;/h1,3-6,8-11,17-18,29H,2,7,12-16,19,30H2,(H,31,33);1H. The predicted molar refractivity (Wildman–Crippen MR) is 144 cm³/mol. The Labute approximate surface area is 223 Å². The van der Waals surface area contributed by atoms with Crippen LogP contribution in [0.5, 0.6) is 17.2 Å². The molecule has 7 nitrogen and oxygen atoms in total. The maximum atomic E-state index is 12.8. The van der Waals surface area contributed by atoms with Crippen molar-refractivity contribution in [3.8, 4) is 17.2 Å². The van der Waals surface area contributed by atoms with E-state index < -0.39 is 0 Å². The third kappa shape index (κ3) is 6.24. The summed E-state index contributed by atoms with van der Waals surface area (Å²) in [5.41, 5.74) is 10.0. The molecule has 3 aromatic rings. The Morgan fingerprint density at radius 2 is 1.78 bits per heavy atom. The third-order valence-corrected chi connectivity index (χ3v) is 6.72. The molecule has 0 aliphatic carbocycles. The summed E-state index contributed by atoms with van der Waals surface area (Å²) in [6.45, 7) is 1.59. The molecule has 37 heavy (non-hydrogen) atoms. The lowest BCUT2D eigenvalue weighted by Crippen LogP contribution is -2.43. The van der Waals surface area contributed by atoms with E-state index in [0.29, 0.717) is 39.0 Å². The number of aryl methyl sites for hydroxylation is 1. The molecule has 8 heteroatoms. The maximum absolute atomic E-state index is 12.8. The van der Waals surface area contributed by atoms with Crippen molar-refractivity contribution in [3.63, 3.8) is 0 Å². The van der Waals surface area contributed by atoms with Crippen molar-refractivity contribution in [2.45, 2.75) is 31.7 Å². The second kappa shape index (κ2) is 12.1. The Hall–Kier alpha value is -3.55. The number of rotatable bonds is 1. The van der Waals surface area contributed by atoms with Crippen LogP contribution in [0.1, 0.15) is 41.1 Å². The zero-order chi connectivity index (χ0) is 24.9. The summed E-state index contributed by atoms with van der Waals surface area (Å²) in [6.07, 6.45) is 2.54. The normalized spacial score (nSPS) is 17.5. The summed E-state index contributed by atoms with van der Waals surface area (Å²) in [5.74, 6) is 2.17. The largest absolute Gasteiger partial charge is 0.494 e. The van der Waals surface area contributed by atoms with Gasteiger partial charge in [-0.25, -0.2) is 0 Å². The summed E-state index contributed by atoms with van der Waals surface area (Å²) in [6, 6.07) is 21.5. The van der Waals surface area contributed by atoms with Crippen LogP contribution in [0.15, 0.2) is 66.7 Å². The van der Waals surface area contributed by atoms with Crippen LogP contribution in [0.3, 0.4) is 0 Å². The Morgan fingerprint density at radius 3 is 2.59 bits per heavy atom. The fourth-order valence-electron chi connectivity index (χ4n) is 4.88. The molecule has 0 fully saturated rings. The van der Waals surface area contributed by atoms with Crippen molar-refractivity contribution in [1.82, 2.24) is 10.2 Å². The molecular weight excluding hydrogens is 490 g/mol. The molecule has 1 atom stereocenters. The van der Waals surface area contributed by atoms with Crippen LogP contribution in [0, 0.1) is 0 Å². The Morgan fingerprint density at radius 1 is 0.973 bits per heavy atom. The van der Waals surface area contributed by atoms with Crippen molar-refractivity contribution in [1.29, 1.82) is 0 Å². The van der Waals surface area contributed by atoms with Gasteiger partial charge in [0.15, 0.2) is 0 Å². The van der Waals surface area contributed by atoms with Crippen molar-refractivity contribution >= 4 is 24.2 Å². The van der Waals surface area contributed by atoms with Gasteiger partial charge in [-0.3, -0.25) is 9.59 Å². The Kier molecular flexibility index (Phi) is 8.69. The number of nitrogens with zero attached hydrogens (tertiary/aromatic N) is 1. The van der Waals surface area contributed by atoms with E-state index >= 15 is 0 Å². The lowest BCUT2D eigenvalue weighted by molar-refractivity contribution is -0.131. The molecule has 0 saturated carbocycles. The van der Waals surface area contributed by atoms with Gasteiger partial charge in [-0.2, -0.15) is 0 Å². The van der Waals surface area contributed by atoms with Crippen molar-refractivity contribution in [2.75, 3.05) is 26.2 Å². The van der Waals surface area contributed by atoms with Crippen LogP contribution in [-0.4, -0.2) is 43.0 Å². The summed E-state index contributed by atoms with van der Waals surface area (Å²) >= 11 is 0. The monoisotopic (exact) mass is 521 g/mol. The number of nitrogens with one attached hydrogen (secondary N) is 1. The van der Waals surface area contributed by atoms with Gasteiger partial charge in [0.25, 0.3) is 0 Å². The molecule has 3 aromatic carbocycles. The molecule has 0 spiro atoms. The number of carbonyl (C=O) groups is 2. The van der Waals surface area contributed by atoms with Gasteiger partial charge in [-0.1, -0.05) is 30.3 Å². The zero-order valence-electron chi connectivity index (χ0n) is 20.7.